The summed E-state index contributed by atoms with van der Waals surface area (Å²) >= 11 is 0. The summed E-state index contributed by atoms with van der Waals surface area (Å²) in [6.07, 6.45) is 0. The summed E-state index contributed by atoms with van der Waals surface area (Å²) in [6.45, 7) is 4.87. The minimum absolute atomic E-state index is 0.147. The highest BCUT2D eigenvalue weighted by Gasteiger charge is 2.19. The average Bonchev–Trinajstić information content (AvgIpc) is 2.27. The van der Waals surface area contributed by atoms with E-state index in [1.54, 1.807) is 7.11 Å². The molecule has 15 heavy (non-hydrogen) atoms. The van der Waals surface area contributed by atoms with Gasteiger partial charge in [-0.25, -0.2) is 0 Å². The fraction of sp³-hybridized carbons (Fsp3) is 0.500. The van der Waals surface area contributed by atoms with Crippen molar-refractivity contribution >= 4 is 0 Å². The van der Waals surface area contributed by atoms with Crippen LogP contribution in [0.2, 0.25) is 0 Å². The molecule has 0 heterocycles. The second kappa shape index (κ2) is 5.26. The van der Waals surface area contributed by atoms with Gasteiger partial charge in [0, 0.05) is 12.0 Å². The molecule has 1 aromatic rings. The van der Waals surface area contributed by atoms with E-state index in [0.29, 0.717) is 6.54 Å². The molecule has 0 atom stereocenters. The minimum atomic E-state index is -0.191. The SMILES string of the molecule is CONCc1cccc(C(C)(C)CO)c1. The van der Waals surface area contributed by atoms with Gasteiger partial charge in [0.25, 0.3) is 0 Å². The van der Waals surface area contributed by atoms with Crippen LogP contribution in [-0.4, -0.2) is 18.8 Å². The Morgan fingerprint density at radius 3 is 2.73 bits per heavy atom. The van der Waals surface area contributed by atoms with E-state index < -0.39 is 0 Å². The fourth-order valence-corrected chi connectivity index (χ4v) is 1.35. The molecule has 0 aliphatic rings. The van der Waals surface area contributed by atoms with Crippen LogP contribution in [0.4, 0.5) is 0 Å². The Hall–Kier alpha value is -0.900. The number of benzene rings is 1. The van der Waals surface area contributed by atoms with Gasteiger partial charge in [0.1, 0.15) is 0 Å². The molecule has 0 radical (unpaired) electrons. The molecule has 0 aromatic heterocycles. The first kappa shape index (κ1) is 12.2. The molecule has 0 saturated heterocycles. The Labute approximate surface area is 91.0 Å². The number of aliphatic hydroxyl groups is 1. The van der Waals surface area contributed by atoms with Crippen molar-refractivity contribution < 1.29 is 9.94 Å². The van der Waals surface area contributed by atoms with Gasteiger partial charge in [-0.3, -0.25) is 0 Å². The normalized spacial score (nSPS) is 11.7. The molecular formula is C12H19NO2. The molecule has 1 rings (SSSR count). The van der Waals surface area contributed by atoms with Crippen LogP contribution in [0, 0.1) is 0 Å². The van der Waals surface area contributed by atoms with E-state index in [2.05, 4.69) is 11.5 Å². The Balaban J connectivity index is 2.82. The largest absolute Gasteiger partial charge is 0.395 e. The number of hydrogen-bond acceptors (Lipinski definition) is 3. The summed E-state index contributed by atoms with van der Waals surface area (Å²) in [7, 11) is 1.60. The van der Waals surface area contributed by atoms with Crippen molar-refractivity contribution in [3.05, 3.63) is 35.4 Å². The van der Waals surface area contributed by atoms with Gasteiger partial charge in [-0.1, -0.05) is 38.1 Å². The molecule has 0 aliphatic heterocycles. The van der Waals surface area contributed by atoms with Gasteiger partial charge < -0.3 is 9.94 Å². The van der Waals surface area contributed by atoms with Crippen molar-refractivity contribution in [1.82, 2.24) is 5.48 Å². The zero-order chi connectivity index (χ0) is 11.3. The number of hydroxylamine groups is 1. The van der Waals surface area contributed by atoms with Crippen LogP contribution in [0.3, 0.4) is 0 Å². The Morgan fingerprint density at radius 1 is 1.40 bits per heavy atom. The zero-order valence-electron chi connectivity index (χ0n) is 9.58. The van der Waals surface area contributed by atoms with Crippen LogP contribution >= 0.6 is 0 Å². The van der Waals surface area contributed by atoms with Gasteiger partial charge in [0.2, 0.25) is 0 Å². The summed E-state index contributed by atoms with van der Waals surface area (Å²) in [5.74, 6) is 0. The van der Waals surface area contributed by atoms with Crippen molar-refractivity contribution in [3.63, 3.8) is 0 Å². The summed E-state index contributed by atoms with van der Waals surface area (Å²) in [5.41, 5.74) is 4.90. The number of rotatable bonds is 5. The van der Waals surface area contributed by atoms with Gasteiger partial charge in [-0.2, -0.15) is 5.48 Å². The van der Waals surface area contributed by atoms with Crippen molar-refractivity contribution in [2.24, 2.45) is 0 Å². The monoisotopic (exact) mass is 209 g/mol. The molecule has 0 saturated carbocycles. The van der Waals surface area contributed by atoms with E-state index >= 15 is 0 Å². The highest BCUT2D eigenvalue weighted by Crippen LogP contribution is 2.23. The van der Waals surface area contributed by atoms with Gasteiger partial charge >= 0.3 is 0 Å². The van der Waals surface area contributed by atoms with Crippen LogP contribution in [0.5, 0.6) is 0 Å². The van der Waals surface area contributed by atoms with E-state index in [1.165, 1.54) is 0 Å². The highest BCUT2D eigenvalue weighted by atomic mass is 16.6. The van der Waals surface area contributed by atoms with Gasteiger partial charge in [0.15, 0.2) is 0 Å². The number of hydrogen-bond donors (Lipinski definition) is 2. The van der Waals surface area contributed by atoms with Gasteiger partial charge in [0.05, 0.1) is 13.7 Å². The van der Waals surface area contributed by atoms with Crippen LogP contribution in [0.15, 0.2) is 24.3 Å². The lowest BCUT2D eigenvalue weighted by atomic mass is 9.85. The van der Waals surface area contributed by atoms with Crippen LogP contribution < -0.4 is 5.48 Å². The lowest BCUT2D eigenvalue weighted by molar-refractivity contribution is 0.0867. The molecular weight excluding hydrogens is 190 g/mol. The second-order valence-corrected chi connectivity index (χ2v) is 4.27. The molecule has 3 heteroatoms. The molecule has 0 fully saturated rings. The van der Waals surface area contributed by atoms with E-state index in [9.17, 15) is 5.11 Å². The summed E-state index contributed by atoms with van der Waals surface area (Å²) in [6, 6.07) is 8.15. The molecule has 1 aromatic carbocycles. The maximum Gasteiger partial charge on any atom is 0.0572 e. The molecule has 2 N–H and O–H groups in total. The molecule has 0 unspecified atom stereocenters. The summed E-state index contributed by atoms with van der Waals surface area (Å²) in [5, 5.41) is 9.27. The lowest BCUT2D eigenvalue weighted by Gasteiger charge is -2.22. The van der Waals surface area contributed by atoms with Crippen molar-refractivity contribution in [3.8, 4) is 0 Å². The lowest BCUT2D eigenvalue weighted by Crippen LogP contribution is -2.22. The third kappa shape index (κ3) is 3.30. The first-order valence-electron chi connectivity index (χ1n) is 5.06. The average molecular weight is 209 g/mol. The van der Waals surface area contributed by atoms with Crippen LogP contribution in [-0.2, 0) is 16.8 Å². The second-order valence-electron chi connectivity index (χ2n) is 4.27. The van der Waals surface area contributed by atoms with Crippen LogP contribution in [0.25, 0.3) is 0 Å². The van der Waals surface area contributed by atoms with Crippen molar-refractivity contribution in [2.45, 2.75) is 25.8 Å². The maximum absolute atomic E-state index is 9.27. The molecule has 84 valence electrons. The smallest absolute Gasteiger partial charge is 0.0572 e. The Morgan fingerprint density at radius 2 is 2.13 bits per heavy atom. The Kier molecular flexibility index (Phi) is 4.27. The first-order valence-corrected chi connectivity index (χ1v) is 5.06. The third-order valence-electron chi connectivity index (χ3n) is 2.52. The molecule has 0 spiro atoms. The van der Waals surface area contributed by atoms with Gasteiger partial charge in [-0.05, 0) is 11.1 Å². The van der Waals surface area contributed by atoms with Crippen molar-refractivity contribution in [1.29, 1.82) is 0 Å². The van der Waals surface area contributed by atoms with Crippen molar-refractivity contribution in [2.75, 3.05) is 13.7 Å². The van der Waals surface area contributed by atoms with E-state index in [4.69, 9.17) is 4.84 Å². The molecule has 0 amide bonds. The topological polar surface area (TPSA) is 41.5 Å². The van der Waals surface area contributed by atoms with Crippen LogP contribution in [0.1, 0.15) is 25.0 Å². The van der Waals surface area contributed by atoms with E-state index in [1.807, 2.05) is 32.0 Å². The first-order chi connectivity index (χ1) is 7.10. The minimum Gasteiger partial charge on any atom is -0.395 e. The third-order valence-corrected chi connectivity index (χ3v) is 2.52. The molecule has 0 bridgehead atoms. The highest BCUT2D eigenvalue weighted by molar-refractivity contribution is 5.29. The maximum atomic E-state index is 9.27. The summed E-state index contributed by atoms with van der Waals surface area (Å²) < 4.78 is 0. The molecule has 0 aliphatic carbocycles. The van der Waals surface area contributed by atoms with Gasteiger partial charge in [-0.15, -0.1) is 0 Å². The fourth-order valence-electron chi connectivity index (χ4n) is 1.35. The predicted molar refractivity (Wildman–Crippen MR) is 60.4 cm³/mol. The molecule has 3 nitrogen and oxygen atoms in total. The number of aliphatic hydroxyl groups excluding tert-OH is 1. The zero-order valence-corrected chi connectivity index (χ0v) is 9.58. The quantitative estimate of drug-likeness (QED) is 0.724. The van der Waals surface area contributed by atoms with E-state index in [0.717, 1.165) is 11.1 Å². The summed E-state index contributed by atoms with van der Waals surface area (Å²) in [4.78, 5) is 4.80. The Bertz CT molecular complexity index is 310. The van der Waals surface area contributed by atoms with E-state index in [-0.39, 0.29) is 12.0 Å². The predicted octanol–water partition coefficient (Wildman–Crippen LogP) is 1.61. The standard InChI is InChI=1S/C12H19NO2/c1-12(2,9-14)11-6-4-5-10(7-11)8-13-15-3/h4-7,13-14H,8-9H2,1-3H3. The number of nitrogens with one attached hydrogen (secondary N) is 1.